The molecule has 0 amide bonds. The normalized spacial score (nSPS) is 21.7. The number of benzene rings is 1. The molecule has 3 rings (SSSR count). The van der Waals surface area contributed by atoms with Crippen LogP contribution < -0.4 is 9.47 Å². The van der Waals surface area contributed by atoms with Gasteiger partial charge in [-0.1, -0.05) is 12.1 Å². The highest BCUT2D eigenvalue weighted by atomic mass is 32.2. The molecule has 0 heterocycles. The second kappa shape index (κ2) is 6.37. The predicted octanol–water partition coefficient (Wildman–Crippen LogP) is 4.40. The summed E-state index contributed by atoms with van der Waals surface area (Å²) < 4.78 is 11.0. The van der Waals surface area contributed by atoms with Gasteiger partial charge in [0, 0.05) is 11.2 Å². The summed E-state index contributed by atoms with van der Waals surface area (Å²) in [6.07, 6.45) is 8.26. The van der Waals surface area contributed by atoms with Crippen LogP contribution in [0.25, 0.3) is 0 Å². The maximum absolute atomic E-state index is 12.1. The van der Waals surface area contributed by atoms with Crippen LogP contribution in [-0.4, -0.2) is 24.7 Å². The van der Waals surface area contributed by atoms with E-state index in [1.807, 2.05) is 18.2 Å². The maximum atomic E-state index is 12.1. The fraction of sp³-hybridized carbons (Fsp3) is 0.500. The van der Waals surface area contributed by atoms with Gasteiger partial charge in [-0.2, -0.15) is 0 Å². The minimum absolute atomic E-state index is 0.0459. The third kappa shape index (κ3) is 3.17. The van der Waals surface area contributed by atoms with Gasteiger partial charge >= 0.3 is 0 Å². The summed E-state index contributed by atoms with van der Waals surface area (Å²) in [7, 11) is 3.36. The van der Waals surface area contributed by atoms with Gasteiger partial charge in [-0.05, 0) is 49.8 Å². The minimum atomic E-state index is 0.0459. The van der Waals surface area contributed by atoms with Crippen LogP contribution in [0.4, 0.5) is 0 Å². The zero-order valence-electron chi connectivity index (χ0n) is 13.2. The molecule has 0 aliphatic heterocycles. The molecule has 1 aromatic carbocycles. The summed E-state index contributed by atoms with van der Waals surface area (Å²) in [6.45, 7) is 0. The average Bonchev–Trinajstić information content (AvgIpc) is 3.29. The summed E-state index contributed by atoms with van der Waals surface area (Å²) in [5.41, 5.74) is 1.03. The van der Waals surface area contributed by atoms with Crippen LogP contribution in [0.3, 0.4) is 0 Å². The first-order chi connectivity index (χ1) is 10.7. The summed E-state index contributed by atoms with van der Waals surface area (Å²) >= 11 is 1.78. The summed E-state index contributed by atoms with van der Waals surface area (Å²) in [5, 5.41) is 0. The van der Waals surface area contributed by atoms with Crippen LogP contribution in [0.2, 0.25) is 0 Å². The Labute approximate surface area is 136 Å². The number of carbonyl (C=O) groups excluding carboxylic acids is 1. The second-order valence-electron chi connectivity index (χ2n) is 5.96. The van der Waals surface area contributed by atoms with Crippen molar-refractivity contribution >= 4 is 17.5 Å². The molecule has 3 nitrogen and oxygen atoms in total. The van der Waals surface area contributed by atoms with E-state index in [4.69, 9.17) is 9.47 Å². The van der Waals surface area contributed by atoms with Crippen LogP contribution in [0.1, 0.15) is 38.5 Å². The van der Waals surface area contributed by atoms with Gasteiger partial charge in [-0.25, -0.2) is 0 Å². The highest BCUT2D eigenvalue weighted by molar-refractivity contribution is 8.01. The van der Waals surface area contributed by atoms with E-state index in [1.54, 1.807) is 26.0 Å². The summed E-state index contributed by atoms with van der Waals surface area (Å²) in [5.74, 6) is 2.01. The van der Waals surface area contributed by atoms with Gasteiger partial charge in [-0.3, -0.25) is 4.79 Å². The Balaban J connectivity index is 1.86. The van der Waals surface area contributed by atoms with Crippen LogP contribution >= 0.6 is 11.8 Å². The van der Waals surface area contributed by atoms with Crippen molar-refractivity contribution in [2.45, 2.75) is 48.2 Å². The fourth-order valence-electron chi connectivity index (χ4n) is 2.89. The molecule has 2 fully saturated rings. The van der Waals surface area contributed by atoms with E-state index in [-0.39, 0.29) is 4.75 Å². The molecule has 2 aliphatic rings. The fourth-order valence-corrected chi connectivity index (χ4v) is 4.31. The Morgan fingerprint density at radius 3 is 2.27 bits per heavy atom. The number of hydrogen-bond acceptors (Lipinski definition) is 4. The van der Waals surface area contributed by atoms with E-state index in [1.165, 1.54) is 0 Å². The van der Waals surface area contributed by atoms with Crippen LogP contribution in [0, 0.1) is 0 Å². The number of thioether (sulfide) groups is 1. The molecule has 4 heteroatoms. The molecule has 0 saturated heterocycles. The number of carbonyl (C=O) groups is 1. The molecule has 0 bridgehead atoms. The van der Waals surface area contributed by atoms with Gasteiger partial charge < -0.3 is 9.47 Å². The van der Waals surface area contributed by atoms with E-state index in [0.29, 0.717) is 12.2 Å². The van der Waals surface area contributed by atoms with Crippen molar-refractivity contribution in [3.8, 4) is 11.5 Å². The lowest BCUT2D eigenvalue weighted by atomic mass is 9.92. The van der Waals surface area contributed by atoms with Gasteiger partial charge in [0.05, 0.1) is 19.1 Å². The number of methoxy groups -OCH3 is 2. The third-order valence-electron chi connectivity index (χ3n) is 4.33. The number of Topliss-reactive ketones (excluding diaryl/α,β-unsaturated/α-hetero) is 1. The number of rotatable bonds is 5. The molecule has 2 saturated carbocycles. The van der Waals surface area contributed by atoms with Crippen molar-refractivity contribution < 1.29 is 14.3 Å². The first-order valence-corrected chi connectivity index (χ1v) is 8.64. The Morgan fingerprint density at radius 1 is 1.09 bits per heavy atom. The topological polar surface area (TPSA) is 35.5 Å². The third-order valence-corrected chi connectivity index (χ3v) is 5.87. The number of allylic oxidation sites excluding steroid dienone is 1. The van der Waals surface area contributed by atoms with Gasteiger partial charge in [-0.15, -0.1) is 11.8 Å². The highest BCUT2D eigenvalue weighted by Crippen LogP contribution is 2.57. The van der Waals surface area contributed by atoms with E-state index >= 15 is 0 Å². The van der Waals surface area contributed by atoms with Crippen molar-refractivity contribution in [3.05, 3.63) is 29.8 Å². The first kappa shape index (κ1) is 15.5. The number of hydrogen-bond donors (Lipinski definition) is 0. The molecule has 2 aliphatic carbocycles. The Morgan fingerprint density at radius 2 is 1.73 bits per heavy atom. The molecule has 0 unspecified atom stereocenters. The molecule has 0 N–H and O–H groups in total. The van der Waals surface area contributed by atoms with Crippen LogP contribution in [0.5, 0.6) is 11.5 Å². The largest absolute Gasteiger partial charge is 0.495 e. The van der Waals surface area contributed by atoms with Crippen molar-refractivity contribution in [1.29, 1.82) is 0 Å². The van der Waals surface area contributed by atoms with Gasteiger partial charge in [0.1, 0.15) is 11.5 Å². The first-order valence-electron chi connectivity index (χ1n) is 7.82. The van der Waals surface area contributed by atoms with Crippen LogP contribution in [-0.2, 0) is 4.79 Å². The van der Waals surface area contributed by atoms with E-state index < -0.39 is 0 Å². The molecule has 0 spiro atoms. The minimum Gasteiger partial charge on any atom is -0.495 e. The predicted molar refractivity (Wildman–Crippen MR) is 88.9 cm³/mol. The molecule has 0 aromatic heterocycles. The second-order valence-corrected chi connectivity index (χ2v) is 7.38. The quantitative estimate of drug-likeness (QED) is 0.754. The SMILES string of the molecule is COc1cccc(OC)c1SC1(/C=C2\CCCCC2=O)CC1. The zero-order chi connectivity index (χ0) is 15.6. The molecule has 118 valence electrons. The van der Waals surface area contributed by atoms with Crippen molar-refractivity contribution in [2.24, 2.45) is 0 Å². The van der Waals surface area contributed by atoms with E-state index in [9.17, 15) is 4.79 Å². The number of ether oxygens (including phenoxy) is 2. The summed E-state index contributed by atoms with van der Waals surface area (Å²) in [6, 6.07) is 5.85. The van der Waals surface area contributed by atoms with Gasteiger partial charge in [0.25, 0.3) is 0 Å². The lowest BCUT2D eigenvalue weighted by molar-refractivity contribution is -0.116. The lowest BCUT2D eigenvalue weighted by Gasteiger charge is -2.19. The van der Waals surface area contributed by atoms with Crippen molar-refractivity contribution in [3.63, 3.8) is 0 Å². The molecule has 0 radical (unpaired) electrons. The highest BCUT2D eigenvalue weighted by Gasteiger charge is 2.44. The smallest absolute Gasteiger partial charge is 0.158 e. The van der Waals surface area contributed by atoms with E-state index in [2.05, 4.69) is 6.08 Å². The molecule has 0 atom stereocenters. The monoisotopic (exact) mass is 318 g/mol. The van der Waals surface area contributed by atoms with E-state index in [0.717, 1.165) is 54.1 Å². The van der Waals surface area contributed by atoms with Crippen molar-refractivity contribution in [2.75, 3.05) is 14.2 Å². The molecule has 22 heavy (non-hydrogen) atoms. The van der Waals surface area contributed by atoms with Crippen LogP contribution in [0.15, 0.2) is 34.7 Å². The Kier molecular flexibility index (Phi) is 4.48. The Bertz CT molecular complexity index is 580. The standard InChI is InChI=1S/C18H22O3S/c1-20-15-8-5-9-16(21-2)17(15)22-18(10-11-18)12-13-6-3-4-7-14(13)19/h5,8-9,12H,3-4,6-7,10-11H2,1-2H3/b13-12+. The number of ketones is 1. The molecular formula is C18H22O3S. The molecule has 1 aromatic rings. The van der Waals surface area contributed by atoms with Gasteiger partial charge in [0.2, 0.25) is 0 Å². The molecular weight excluding hydrogens is 296 g/mol. The van der Waals surface area contributed by atoms with Gasteiger partial charge in [0.15, 0.2) is 5.78 Å². The lowest BCUT2D eigenvalue weighted by Crippen LogP contribution is -2.12. The van der Waals surface area contributed by atoms with Crippen molar-refractivity contribution in [1.82, 2.24) is 0 Å². The summed E-state index contributed by atoms with van der Waals surface area (Å²) in [4.78, 5) is 13.1. The average molecular weight is 318 g/mol. The zero-order valence-corrected chi connectivity index (χ0v) is 14.0. The maximum Gasteiger partial charge on any atom is 0.158 e. The Hall–Kier alpha value is -1.42.